The van der Waals surface area contributed by atoms with Crippen molar-refractivity contribution < 1.29 is 4.39 Å². The number of nitrogens with zero attached hydrogens (tertiary/aromatic N) is 1. The van der Waals surface area contributed by atoms with Crippen LogP contribution in [0, 0.1) is 10.5 Å². The molecule has 0 radical (unpaired) electrons. The highest BCUT2D eigenvalue weighted by atomic mass is 35.5. The predicted molar refractivity (Wildman–Crippen MR) is 77.3 cm³/mol. The number of rotatable bonds is 1. The van der Waals surface area contributed by atoms with Gasteiger partial charge in [0.05, 0.1) is 0 Å². The average molecular weight is 291 g/mol. The molecule has 0 fully saturated rings. The molecule has 2 nitrogen and oxygen atoms in total. The summed E-state index contributed by atoms with van der Waals surface area (Å²) >= 11 is 10.9. The van der Waals surface area contributed by atoms with E-state index in [-0.39, 0.29) is 0 Å². The molecule has 0 aliphatic rings. The molecule has 0 spiro atoms. The molecule has 1 aromatic heterocycles. The van der Waals surface area contributed by atoms with E-state index in [1.54, 1.807) is 12.1 Å². The standard InChI is InChI=1S/C14H8ClFN2S/c15-8-5-6-11(12(16)7-8)13-9-3-1-2-4-10(9)14(19)18-17-13/h1-7H,(H,18,19). The van der Waals surface area contributed by atoms with Crippen LogP contribution < -0.4 is 0 Å². The third-order valence-corrected chi connectivity index (χ3v) is 3.43. The van der Waals surface area contributed by atoms with Gasteiger partial charge in [-0.15, -0.1) is 0 Å². The van der Waals surface area contributed by atoms with Crippen molar-refractivity contribution in [2.75, 3.05) is 0 Å². The SMILES string of the molecule is Fc1cc(Cl)ccc1-c1n[nH]c(=S)c2ccccc12. The van der Waals surface area contributed by atoms with Crippen molar-refractivity contribution in [3.8, 4) is 11.3 Å². The Morgan fingerprint density at radius 1 is 1.11 bits per heavy atom. The summed E-state index contributed by atoms with van der Waals surface area (Å²) in [5.41, 5.74) is 0.921. The number of halogens is 2. The Bertz CT molecular complexity index is 829. The van der Waals surface area contributed by atoms with Gasteiger partial charge in [-0.05, 0) is 18.2 Å². The largest absolute Gasteiger partial charge is 0.267 e. The Kier molecular flexibility index (Phi) is 3.05. The summed E-state index contributed by atoms with van der Waals surface area (Å²) in [6.07, 6.45) is 0. The molecule has 0 saturated carbocycles. The summed E-state index contributed by atoms with van der Waals surface area (Å²) in [6.45, 7) is 0. The number of aromatic nitrogens is 2. The summed E-state index contributed by atoms with van der Waals surface area (Å²) in [4.78, 5) is 0. The molecule has 0 amide bonds. The lowest BCUT2D eigenvalue weighted by Crippen LogP contribution is -1.93. The minimum Gasteiger partial charge on any atom is -0.267 e. The Morgan fingerprint density at radius 2 is 1.84 bits per heavy atom. The van der Waals surface area contributed by atoms with Gasteiger partial charge in [0, 0.05) is 21.4 Å². The van der Waals surface area contributed by atoms with E-state index in [9.17, 15) is 4.39 Å². The first-order chi connectivity index (χ1) is 9.16. The summed E-state index contributed by atoms with van der Waals surface area (Å²) < 4.78 is 14.5. The minimum absolute atomic E-state index is 0.356. The number of hydrogen-bond acceptors (Lipinski definition) is 2. The topological polar surface area (TPSA) is 28.7 Å². The highest BCUT2D eigenvalue weighted by molar-refractivity contribution is 7.71. The third-order valence-electron chi connectivity index (χ3n) is 2.88. The number of H-pyrrole nitrogens is 1. The highest BCUT2D eigenvalue weighted by Crippen LogP contribution is 2.29. The van der Waals surface area contributed by atoms with Gasteiger partial charge in [-0.2, -0.15) is 5.10 Å². The molecule has 0 aliphatic carbocycles. The van der Waals surface area contributed by atoms with Crippen molar-refractivity contribution in [3.05, 3.63) is 57.9 Å². The highest BCUT2D eigenvalue weighted by Gasteiger charge is 2.11. The molecule has 0 unspecified atom stereocenters. The van der Waals surface area contributed by atoms with Crippen LogP contribution in [0.2, 0.25) is 5.02 Å². The normalized spacial score (nSPS) is 10.8. The van der Waals surface area contributed by atoms with Crippen molar-refractivity contribution in [2.24, 2.45) is 0 Å². The van der Waals surface area contributed by atoms with Crippen molar-refractivity contribution in [1.82, 2.24) is 10.2 Å². The van der Waals surface area contributed by atoms with Crippen LogP contribution in [-0.2, 0) is 0 Å². The number of fused-ring (bicyclic) bond motifs is 1. The van der Waals surface area contributed by atoms with Crippen LogP contribution in [0.1, 0.15) is 0 Å². The first kappa shape index (κ1) is 12.3. The second kappa shape index (κ2) is 4.72. The molecule has 1 N–H and O–H groups in total. The molecule has 0 bridgehead atoms. The third kappa shape index (κ3) is 2.13. The summed E-state index contributed by atoms with van der Waals surface area (Å²) in [6, 6.07) is 12.0. The molecule has 0 aliphatic heterocycles. The van der Waals surface area contributed by atoms with Crippen LogP contribution in [0.3, 0.4) is 0 Å². The maximum absolute atomic E-state index is 14.0. The van der Waals surface area contributed by atoms with Gasteiger partial charge in [0.25, 0.3) is 0 Å². The van der Waals surface area contributed by atoms with Gasteiger partial charge in [0.1, 0.15) is 16.2 Å². The molecule has 0 saturated heterocycles. The summed E-state index contributed by atoms with van der Waals surface area (Å²) in [5.74, 6) is -0.407. The summed E-state index contributed by atoms with van der Waals surface area (Å²) in [7, 11) is 0. The molecule has 0 atom stereocenters. The Labute approximate surface area is 118 Å². The molecule has 1 heterocycles. The minimum atomic E-state index is -0.407. The van der Waals surface area contributed by atoms with Gasteiger partial charge in [0.15, 0.2) is 0 Å². The Hall–Kier alpha value is -1.78. The van der Waals surface area contributed by atoms with E-state index in [0.717, 1.165) is 10.8 Å². The summed E-state index contributed by atoms with van der Waals surface area (Å²) in [5, 5.41) is 8.92. The van der Waals surface area contributed by atoms with Gasteiger partial charge < -0.3 is 0 Å². The van der Waals surface area contributed by atoms with Crippen molar-refractivity contribution in [2.45, 2.75) is 0 Å². The number of hydrogen-bond donors (Lipinski definition) is 1. The van der Waals surface area contributed by atoms with Crippen LogP contribution in [0.5, 0.6) is 0 Å². The van der Waals surface area contributed by atoms with Crippen molar-refractivity contribution >= 4 is 34.6 Å². The van der Waals surface area contributed by atoms with E-state index in [0.29, 0.717) is 20.9 Å². The average Bonchev–Trinajstić information content (AvgIpc) is 2.41. The predicted octanol–water partition coefficient (Wildman–Crippen LogP) is 4.75. The molecule has 19 heavy (non-hydrogen) atoms. The molecule has 3 aromatic rings. The fraction of sp³-hybridized carbons (Fsp3) is 0. The van der Waals surface area contributed by atoms with Crippen LogP contribution in [0.4, 0.5) is 4.39 Å². The van der Waals surface area contributed by atoms with Gasteiger partial charge in [0.2, 0.25) is 0 Å². The van der Waals surface area contributed by atoms with E-state index in [2.05, 4.69) is 10.2 Å². The number of aromatic amines is 1. The second-order valence-corrected chi connectivity index (χ2v) is 4.92. The van der Waals surface area contributed by atoms with Gasteiger partial charge in [-0.25, -0.2) is 4.39 Å². The number of benzene rings is 2. The van der Waals surface area contributed by atoms with Gasteiger partial charge in [-0.1, -0.05) is 48.1 Å². The molecular weight excluding hydrogens is 283 g/mol. The quantitative estimate of drug-likeness (QED) is 0.655. The molecule has 94 valence electrons. The van der Waals surface area contributed by atoms with Crippen molar-refractivity contribution in [3.63, 3.8) is 0 Å². The van der Waals surface area contributed by atoms with E-state index in [1.807, 2.05) is 24.3 Å². The van der Waals surface area contributed by atoms with Crippen LogP contribution in [0.15, 0.2) is 42.5 Å². The molecular formula is C14H8ClFN2S. The van der Waals surface area contributed by atoms with Gasteiger partial charge in [-0.3, -0.25) is 5.10 Å². The zero-order chi connectivity index (χ0) is 13.4. The maximum atomic E-state index is 14.0. The lowest BCUT2D eigenvalue weighted by atomic mass is 10.0. The first-order valence-corrected chi connectivity index (χ1v) is 6.38. The molecule has 3 rings (SSSR count). The van der Waals surface area contributed by atoms with Gasteiger partial charge >= 0.3 is 0 Å². The molecule has 5 heteroatoms. The van der Waals surface area contributed by atoms with Crippen LogP contribution in [0.25, 0.3) is 22.0 Å². The zero-order valence-corrected chi connectivity index (χ0v) is 11.2. The number of nitrogens with one attached hydrogen (secondary N) is 1. The Morgan fingerprint density at radius 3 is 2.58 bits per heavy atom. The lowest BCUT2D eigenvalue weighted by molar-refractivity contribution is 0.630. The fourth-order valence-electron chi connectivity index (χ4n) is 2.00. The Balaban J connectivity index is 2.37. The fourth-order valence-corrected chi connectivity index (χ4v) is 2.38. The smallest absolute Gasteiger partial charge is 0.134 e. The lowest BCUT2D eigenvalue weighted by Gasteiger charge is -2.07. The van der Waals surface area contributed by atoms with E-state index >= 15 is 0 Å². The van der Waals surface area contributed by atoms with E-state index < -0.39 is 5.82 Å². The second-order valence-electron chi connectivity index (χ2n) is 4.07. The van der Waals surface area contributed by atoms with E-state index in [4.69, 9.17) is 23.8 Å². The zero-order valence-electron chi connectivity index (χ0n) is 9.65. The molecule has 2 aromatic carbocycles. The van der Waals surface area contributed by atoms with Crippen LogP contribution >= 0.6 is 23.8 Å². The maximum Gasteiger partial charge on any atom is 0.134 e. The van der Waals surface area contributed by atoms with Crippen LogP contribution in [-0.4, -0.2) is 10.2 Å². The monoisotopic (exact) mass is 290 g/mol. The van der Waals surface area contributed by atoms with Crippen molar-refractivity contribution in [1.29, 1.82) is 0 Å². The first-order valence-electron chi connectivity index (χ1n) is 5.59. The van der Waals surface area contributed by atoms with E-state index in [1.165, 1.54) is 6.07 Å².